The Hall–Kier alpha value is -3.30. The van der Waals surface area contributed by atoms with Gasteiger partial charge in [-0.15, -0.1) is 11.8 Å². The smallest absolute Gasteiger partial charge is 0.161 e. The van der Waals surface area contributed by atoms with E-state index in [0.717, 1.165) is 155 Å². The first kappa shape index (κ1) is 39.5. The number of ether oxygens (including phenoxy) is 4. The van der Waals surface area contributed by atoms with Crippen LogP contribution in [0, 0.1) is 11.3 Å². The molecule has 6 heteroatoms. The van der Waals surface area contributed by atoms with Crippen LogP contribution < -0.4 is 18.9 Å². The molecule has 0 radical (unpaired) electrons. The summed E-state index contributed by atoms with van der Waals surface area (Å²) in [7, 11) is 0. The van der Waals surface area contributed by atoms with Crippen molar-refractivity contribution in [2.75, 3.05) is 32.2 Å². The lowest BCUT2D eigenvalue weighted by molar-refractivity contribution is 0.260. The number of hydrogen-bond donors (Lipinski definition) is 0. The molecule has 50 heavy (non-hydrogen) atoms. The highest BCUT2D eigenvalue weighted by Crippen LogP contribution is 2.46. The van der Waals surface area contributed by atoms with Crippen LogP contribution in [0.1, 0.15) is 136 Å². The van der Waals surface area contributed by atoms with Gasteiger partial charge >= 0.3 is 0 Å². The lowest BCUT2D eigenvalue weighted by Crippen LogP contribution is -2.04. The molecule has 0 saturated heterocycles. The van der Waals surface area contributed by atoms with Gasteiger partial charge in [-0.1, -0.05) is 98.8 Å². The Balaban J connectivity index is 1.98. The predicted molar refractivity (Wildman–Crippen MR) is 214 cm³/mol. The Morgan fingerprint density at radius 3 is 1.10 bits per heavy atom. The van der Waals surface area contributed by atoms with Gasteiger partial charge in [0.1, 0.15) is 6.07 Å². The molecule has 0 bridgehead atoms. The molecule has 0 heterocycles. The molecule has 0 aliphatic rings. The molecule has 4 aromatic carbocycles. The van der Waals surface area contributed by atoms with E-state index in [-0.39, 0.29) is 0 Å². The Kier molecular flexibility index (Phi) is 17.2. The van der Waals surface area contributed by atoms with Crippen molar-refractivity contribution >= 4 is 44.1 Å². The van der Waals surface area contributed by atoms with Crippen LogP contribution in [0.25, 0.3) is 32.3 Å². The van der Waals surface area contributed by atoms with E-state index in [0.29, 0.717) is 26.4 Å². The third-order valence-electron chi connectivity index (χ3n) is 9.31. The summed E-state index contributed by atoms with van der Waals surface area (Å²) in [5.74, 6) is 4.13. The zero-order chi connectivity index (χ0) is 35.6. The second-order valence-electron chi connectivity index (χ2n) is 13.5. The van der Waals surface area contributed by atoms with E-state index in [9.17, 15) is 5.26 Å². The summed E-state index contributed by atoms with van der Waals surface area (Å²) in [5, 5.41) is 16.9. The van der Waals surface area contributed by atoms with Crippen molar-refractivity contribution in [1.29, 1.82) is 5.26 Å². The lowest BCUT2D eigenvalue weighted by atomic mass is 9.92. The first-order chi connectivity index (χ1) is 24.6. The fourth-order valence-electron chi connectivity index (χ4n) is 6.37. The van der Waals surface area contributed by atoms with Crippen LogP contribution in [0.2, 0.25) is 0 Å². The molecular weight excluding hydrogens is 639 g/mol. The largest absolute Gasteiger partial charge is 0.490 e. The molecule has 0 aliphatic heterocycles. The van der Waals surface area contributed by atoms with E-state index < -0.39 is 0 Å². The number of benzene rings is 4. The maximum Gasteiger partial charge on any atom is 0.161 e. The summed E-state index contributed by atoms with van der Waals surface area (Å²) in [6.07, 6.45) is 16.6. The van der Waals surface area contributed by atoms with E-state index in [2.05, 4.69) is 77.1 Å². The van der Waals surface area contributed by atoms with Crippen molar-refractivity contribution in [3.05, 3.63) is 42.0 Å². The number of hydrogen-bond acceptors (Lipinski definition) is 6. The molecule has 4 aromatic rings. The minimum absolute atomic E-state index is 0.645. The monoisotopic (exact) mass is 699 g/mol. The SMILES string of the molecule is CCCCCOc1cc2c3cc(C#N)c(SCCCCC)cc3c3cc(OCCCCC)c(OCCCCC)cc3c2cc1OCCCCC. The summed E-state index contributed by atoms with van der Waals surface area (Å²) in [5.41, 5.74) is 0.719. The van der Waals surface area contributed by atoms with Gasteiger partial charge < -0.3 is 18.9 Å². The minimum Gasteiger partial charge on any atom is -0.490 e. The molecule has 0 saturated carbocycles. The van der Waals surface area contributed by atoms with Gasteiger partial charge in [-0.2, -0.15) is 5.26 Å². The fourth-order valence-corrected chi connectivity index (χ4v) is 7.40. The van der Waals surface area contributed by atoms with Crippen molar-refractivity contribution in [1.82, 2.24) is 0 Å². The highest BCUT2D eigenvalue weighted by molar-refractivity contribution is 7.99. The molecule has 5 nitrogen and oxygen atoms in total. The van der Waals surface area contributed by atoms with Gasteiger partial charge in [0.2, 0.25) is 0 Å². The van der Waals surface area contributed by atoms with Crippen molar-refractivity contribution in [3.63, 3.8) is 0 Å². The highest BCUT2D eigenvalue weighted by Gasteiger charge is 2.20. The minimum atomic E-state index is 0.645. The van der Waals surface area contributed by atoms with E-state index in [1.54, 1.807) is 11.8 Å². The van der Waals surface area contributed by atoms with Crippen molar-refractivity contribution in [3.8, 4) is 29.1 Å². The van der Waals surface area contributed by atoms with Crippen LogP contribution in [-0.4, -0.2) is 32.2 Å². The number of rotatable bonds is 25. The van der Waals surface area contributed by atoms with E-state index in [4.69, 9.17) is 18.9 Å². The van der Waals surface area contributed by atoms with E-state index >= 15 is 0 Å². The average molecular weight is 700 g/mol. The van der Waals surface area contributed by atoms with Gasteiger partial charge in [-0.05, 0) is 107 Å². The van der Waals surface area contributed by atoms with Gasteiger partial charge in [0.05, 0.1) is 32.0 Å². The van der Waals surface area contributed by atoms with Gasteiger partial charge in [-0.25, -0.2) is 0 Å². The van der Waals surface area contributed by atoms with Gasteiger partial charge in [-0.3, -0.25) is 0 Å². The molecule has 0 amide bonds. The topological polar surface area (TPSA) is 60.7 Å². The number of nitriles is 1. The quantitative estimate of drug-likeness (QED) is 0.0390. The van der Waals surface area contributed by atoms with Crippen LogP contribution in [0.15, 0.2) is 41.3 Å². The van der Waals surface area contributed by atoms with Crippen LogP contribution >= 0.6 is 11.8 Å². The molecule has 0 aromatic heterocycles. The zero-order valence-electron chi connectivity index (χ0n) is 31.6. The van der Waals surface area contributed by atoms with Crippen molar-refractivity contribution in [2.24, 2.45) is 0 Å². The standard InChI is InChI=1S/C44H61NO4S/c1-6-11-16-21-46-40-27-35-34-26-33(32-45)44(50-25-20-15-10-5)31-39(34)38-30-43(49-24-19-14-9-4)42(48-23-18-13-8-3)29-37(38)36(35)28-41(40)47-22-17-12-7-2/h26-31H,6-25H2,1-5H3. The van der Waals surface area contributed by atoms with Gasteiger partial charge in [0.25, 0.3) is 0 Å². The van der Waals surface area contributed by atoms with Gasteiger partial charge in [0, 0.05) is 4.90 Å². The molecule has 0 N–H and O–H groups in total. The summed E-state index contributed by atoms with van der Waals surface area (Å²) in [6.45, 7) is 13.7. The summed E-state index contributed by atoms with van der Waals surface area (Å²) in [4.78, 5) is 1.04. The zero-order valence-corrected chi connectivity index (χ0v) is 32.4. The van der Waals surface area contributed by atoms with Crippen molar-refractivity contribution < 1.29 is 18.9 Å². The van der Waals surface area contributed by atoms with E-state index in [1.165, 1.54) is 12.8 Å². The second-order valence-corrected chi connectivity index (χ2v) is 14.6. The summed E-state index contributed by atoms with van der Waals surface area (Å²) >= 11 is 1.79. The lowest BCUT2D eigenvalue weighted by Gasteiger charge is -2.20. The maximum atomic E-state index is 10.4. The van der Waals surface area contributed by atoms with Gasteiger partial charge in [0.15, 0.2) is 23.0 Å². The van der Waals surface area contributed by atoms with Crippen LogP contribution in [0.5, 0.6) is 23.0 Å². The fraction of sp³-hybridized carbons (Fsp3) is 0.568. The molecule has 0 aliphatic carbocycles. The summed E-state index contributed by atoms with van der Waals surface area (Å²) in [6, 6.07) is 15.6. The Morgan fingerprint density at radius 2 is 0.760 bits per heavy atom. The van der Waals surface area contributed by atoms with Crippen LogP contribution in [0.3, 0.4) is 0 Å². The normalized spacial score (nSPS) is 11.4. The molecular formula is C44H61NO4S. The molecule has 0 fully saturated rings. The Bertz CT molecular complexity index is 1630. The second kappa shape index (κ2) is 21.8. The Morgan fingerprint density at radius 1 is 0.440 bits per heavy atom. The third-order valence-corrected chi connectivity index (χ3v) is 10.4. The molecule has 0 atom stereocenters. The van der Waals surface area contributed by atoms with Crippen molar-refractivity contribution in [2.45, 2.75) is 136 Å². The molecule has 272 valence electrons. The first-order valence-electron chi connectivity index (χ1n) is 19.7. The first-order valence-corrected chi connectivity index (χ1v) is 20.7. The van der Waals surface area contributed by atoms with Crippen LogP contribution in [-0.2, 0) is 0 Å². The molecule has 0 unspecified atom stereocenters. The predicted octanol–water partition coefficient (Wildman–Crippen LogP) is 13.6. The Labute approximate surface area is 306 Å². The number of fused-ring (bicyclic) bond motifs is 6. The van der Waals surface area contributed by atoms with Crippen LogP contribution in [0.4, 0.5) is 0 Å². The summed E-state index contributed by atoms with van der Waals surface area (Å²) < 4.78 is 25.9. The third kappa shape index (κ3) is 10.8. The molecule has 4 rings (SSSR count). The molecule has 0 spiro atoms. The number of unbranched alkanes of at least 4 members (excludes halogenated alkanes) is 10. The number of nitrogens with zero attached hydrogens (tertiary/aromatic N) is 1. The average Bonchev–Trinajstić information content (AvgIpc) is 3.14. The number of thioether (sulfide) groups is 1. The highest BCUT2D eigenvalue weighted by atomic mass is 32.2. The maximum absolute atomic E-state index is 10.4. The van der Waals surface area contributed by atoms with E-state index in [1.807, 2.05) is 0 Å².